The molecule has 9 heteroatoms. The topological polar surface area (TPSA) is 83.0 Å². The maximum atomic E-state index is 12.6. The van der Waals surface area contributed by atoms with Crippen molar-refractivity contribution in [1.29, 1.82) is 5.41 Å². The number of fused-ring (bicyclic) bond motifs is 1. The van der Waals surface area contributed by atoms with E-state index in [2.05, 4.69) is 14.7 Å². The monoisotopic (exact) mass is 439 g/mol. The van der Waals surface area contributed by atoms with Crippen LogP contribution in [0.4, 0.5) is 0 Å². The van der Waals surface area contributed by atoms with Crippen molar-refractivity contribution in [3.63, 3.8) is 0 Å². The van der Waals surface area contributed by atoms with E-state index in [4.69, 9.17) is 10.1 Å². The number of nitrogens with one attached hydrogen (secondary N) is 1. The van der Waals surface area contributed by atoms with Gasteiger partial charge in [-0.3, -0.25) is 10.2 Å². The van der Waals surface area contributed by atoms with Gasteiger partial charge in [0.25, 0.3) is 5.91 Å². The van der Waals surface area contributed by atoms with Gasteiger partial charge in [-0.25, -0.2) is 0 Å². The number of rotatable bonds is 4. The fraction of sp³-hybridized carbons (Fsp3) is 0.238. The smallest absolute Gasteiger partial charge is 0.283 e. The second-order valence-electron chi connectivity index (χ2n) is 6.68. The molecule has 30 heavy (non-hydrogen) atoms. The number of nitrogens with zero attached hydrogens (tertiary/aromatic N) is 4. The van der Waals surface area contributed by atoms with Crippen LogP contribution in [0.2, 0.25) is 0 Å². The number of amidine groups is 2. The number of hydrogen-bond acceptors (Lipinski definition) is 6. The van der Waals surface area contributed by atoms with Gasteiger partial charge in [0.15, 0.2) is 10.2 Å². The summed E-state index contributed by atoms with van der Waals surface area (Å²) in [6.45, 7) is 6.60. The summed E-state index contributed by atoms with van der Waals surface area (Å²) in [6.07, 6.45) is 3.64. The van der Waals surface area contributed by atoms with Crippen molar-refractivity contribution in [1.82, 2.24) is 9.58 Å². The summed E-state index contributed by atoms with van der Waals surface area (Å²) in [5, 5.41) is 14.7. The largest absolute Gasteiger partial charge is 0.494 e. The average molecular weight is 440 g/mol. The van der Waals surface area contributed by atoms with E-state index >= 15 is 0 Å². The fourth-order valence-corrected chi connectivity index (χ4v) is 4.75. The number of amides is 1. The third kappa shape index (κ3) is 3.59. The Labute approximate surface area is 183 Å². The molecular weight excluding hydrogens is 418 g/mol. The van der Waals surface area contributed by atoms with Crippen LogP contribution in [0.5, 0.6) is 5.75 Å². The molecule has 7 nitrogen and oxygen atoms in total. The quantitative estimate of drug-likeness (QED) is 0.713. The molecule has 0 radical (unpaired) electrons. The van der Waals surface area contributed by atoms with E-state index in [0.717, 1.165) is 32.8 Å². The van der Waals surface area contributed by atoms with Gasteiger partial charge in [-0.05, 0) is 80.8 Å². The van der Waals surface area contributed by atoms with Crippen molar-refractivity contribution in [2.45, 2.75) is 20.8 Å². The molecule has 0 saturated heterocycles. The highest BCUT2D eigenvalue weighted by atomic mass is 32.2. The zero-order chi connectivity index (χ0) is 21.4. The molecule has 4 rings (SSSR count). The second-order valence-corrected chi connectivity index (χ2v) is 8.69. The highest BCUT2D eigenvalue weighted by molar-refractivity contribution is 8.45. The van der Waals surface area contributed by atoms with E-state index in [1.807, 2.05) is 57.4 Å². The fourth-order valence-electron chi connectivity index (χ4n) is 3.40. The molecule has 0 bridgehead atoms. The maximum Gasteiger partial charge on any atom is 0.283 e. The molecule has 1 aromatic heterocycles. The van der Waals surface area contributed by atoms with Crippen molar-refractivity contribution in [3.8, 4) is 11.4 Å². The molecule has 0 saturated carbocycles. The van der Waals surface area contributed by atoms with Gasteiger partial charge in [0.1, 0.15) is 5.75 Å². The van der Waals surface area contributed by atoms with Crippen molar-refractivity contribution >= 4 is 50.9 Å². The van der Waals surface area contributed by atoms with Gasteiger partial charge in [0.05, 0.1) is 12.2 Å². The predicted molar refractivity (Wildman–Crippen MR) is 125 cm³/mol. The van der Waals surface area contributed by atoms with Gasteiger partial charge >= 0.3 is 0 Å². The lowest BCUT2D eigenvalue weighted by Crippen LogP contribution is -2.35. The third-order valence-corrected chi connectivity index (χ3v) is 6.67. The van der Waals surface area contributed by atoms with Crippen molar-refractivity contribution in [2.75, 3.05) is 12.9 Å². The van der Waals surface area contributed by atoms with Gasteiger partial charge in [-0.15, -0.1) is 16.9 Å². The minimum atomic E-state index is -0.415. The molecule has 1 N–H and O–H groups in total. The van der Waals surface area contributed by atoms with Crippen LogP contribution in [-0.4, -0.2) is 43.7 Å². The Bertz CT molecular complexity index is 1130. The number of ether oxygens (including phenoxy) is 1. The molecule has 0 unspecified atom stereocenters. The Morgan fingerprint density at radius 1 is 1.27 bits per heavy atom. The molecule has 154 valence electrons. The molecule has 3 heterocycles. The number of benzene rings is 1. The maximum absolute atomic E-state index is 12.6. The number of hydrogen-bond donors (Lipinski definition) is 1. The molecule has 0 spiro atoms. The zero-order valence-corrected chi connectivity index (χ0v) is 18.7. The number of aromatic nitrogens is 1. The second kappa shape index (κ2) is 8.16. The lowest BCUT2D eigenvalue weighted by atomic mass is 10.1. The summed E-state index contributed by atoms with van der Waals surface area (Å²) in [5.74, 6) is 0.462. The van der Waals surface area contributed by atoms with E-state index in [0.29, 0.717) is 11.8 Å². The Hall–Kier alpha value is -2.78. The van der Waals surface area contributed by atoms with Crippen LogP contribution in [0.1, 0.15) is 23.9 Å². The Balaban J connectivity index is 1.70. The summed E-state index contributed by atoms with van der Waals surface area (Å²) in [5.41, 5.74) is 4.12. The average Bonchev–Trinajstić information content (AvgIpc) is 3.26. The first-order chi connectivity index (χ1) is 14.4. The van der Waals surface area contributed by atoms with Crippen LogP contribution in [0, 0.1) is 19.3 Å². The summed E-state index contributed by atoms with van der Waals surface area (Å²) in [6, 6.07) is 9.91. The number of hydrazone groups is 1. The predicted octanol–water partition coefficient (Wildman–Crippen LogP) is 4.43. The molecule has 2 aliphatic heterocycles. The summed E-state index contributed by atoms with van der Waals surface area (Å²) in [4.78, 5) is 16.7. The summed E-state index contributed by atoms with van der Waals surface area (Å²) < 4.78 is 8.41. The Kier molecular flexibility index (Phi) is 5.57. The SMILES string of the molecule is CCOc1ccc(-n2c(C)cc(/C=C3\C(=N)N4N=C(SC)SC4=NC3=O)c2C)cc1. The minimum Gasteiger partial charge on any atom is -0.494 e. The van der Waals surface area contributed by atoms with E-state index < -0.39 is 5.91 Å². The molecule has 0 atom stereocenters. The Morgan fingerprint density at radius 3 is 2.67 bits per heavy atom. The molecule has 2 aromatic rings. The van der Waals surface area contributed by atoms with E-state index in [1.54, 1.807) is 6.08 Å². The standard InChI is InChI=1S/C21H21N5O2S2/c1-5-28-16-8-6-15(7-9-16)25-12(2)10-14(13(25)3)11-17-18(22)26-20(23-19(17)27)30-21(24-26)29-4/h6-11,22H,5H2,1-4H3/b17-11+,22-18?. The molecule has 0 aliphatic carbocycles. The van der Waals surface area contributed by atoms with E-state index in [9.17, 15) is 4.79 Å². The van der Waals surface area contributed by atoms with E-state index in [1.165, 1.54) is 28.5 Å². The van der Waals surface area contributed by atoms with Crippen LogP contribution in [0.25, 0.3) is 11.8 Å². The van der Waals surface area contributed by atoms with Crippen molar-refractivity contribution in [2.24, 2.45) is 10.1 Å². The zero-order valence-electron chi connectivity index (χ0n) is 17.1. The first kappa shape index (κ1) is 20.5. The lowest BCUT2D eigenvalue weighted by molar-refractivity contribution is -0.114. The van der Waals surface area contributed by atoms with Crippen molar-refractivity contribution < 1.29 is 9.53 Å². The first-order valence-corrected chi connectivity index (χ1v) is 11.4. The van der Waals surface area contributed by atoms with Gasteiger partial charge < -0.3 is 9.30 Å². The highest BCUT2D eigenvalue weighted by Crippen LogP contribution is 2.32. The highest BCUT2D eigenvalue weighted by Gasteiger charge is 2.35. The van der Waals surface area contributed by atoms with Crippen LogP contribution in [0.3, 0.4) is 0 Å². The number of carbonyl (C=O) groups excluding carboxylic acids is 1. The van der Waals surface area contributed by atoms with Crippen molar-refractivity contribution in [3.05, 3.63) is 52.9 Å². The number of aryl methyl sites for hydroxylation is 1. The summed E-state index contributed by atoms with van der Waals surface area (Å²) >= 11 is 2.77. The lowest BCUT2D eigenvalue weighted by Gasteiger charge is -2.20. The molecule has 1 amide bonds. The third-order valence-electron chi connectivity index (χ3n) is 4.79. The summed E-state index contributed by atoms with van der Waals surface area (Å²) in [7, 11) is 0. The number of aliphatic imine (C=N–C) groups is 1. The molecule has 0 fully saturated rings. The normalized spacial score (nSPS) is 17.3. The molecule has 2 aliphatic rings. The van der Waals surface area contributed by atoms with Crippen LogP contribution in [-0.2, 0) is 4.79 Å². The van der Waals surface area contributed by atoms with Gasteiger partial charge in [-0.1, -0.05) is 0 Å². The number of carbonyl (C=O) groups is 1. The van der Waals surface area contributed by atoms with E-state index in [-0.39, 0.29) is 11.4 Å². The van der Waals surface area contributed by atoms with Gasteiger partial charge in [-0.2, -0.15) is 10.0 Å². The van der Waals surface area contributed by atoms with Gasteiger partial charge in [0, 0.05) is 17.1 Å². The Morgan fingerprint density at radius 2 is 2.00 bits per heavy atom. The molecular formula is C21H21N5O2S2. The van der Waals surface area contributed by atoms with Gasteiger partial charge in [0.2, 0.25) is 5.17 Å². The minimum absolute atomic E-state index is 0.0485. The van der Waals surface area contributed by atoms with Crippen LogP contribution < -0.4 is 4.74 Å². The molecule has 1 aromatic carbocycles. The van der Waals surface area contributed by atoms with Crippen LogP contribution in [0.15, 0.2) is 46.0 Å². The first-order valence-electron chi connectivity index (χ1n) is 9.39. The van der Waals surface area contributed by atoms with Crippen LogP contribution >= 0.6 is 23.5 Å². The number of thioether (sulfide) groups is 2.